The lowest BCUT2D eigenvalue weighted by molar-refractivity contribution is 1.37. The standard InChI is InChI=1S/C8H7Cl2NSi/c9-12(10)6-8-3-1-7(5-11)2-4-8/h1-4,12H,6H2. The van der Waals surface area contributed by atoms with E-state index < -0.39 is 7.42 Å². The highest BCUT2D eigenvalue weighted by Gasteiger charge is 2.02. The molecule has 0 N–H and O–H groups in total. The van der Waals surface area contributed by atoms with Crippen LogP contribution >= 0.6 is 22.2 Å². The quantitative estimate of drug-likeness (QED) is 0.549. The van der Waals surface area contributed by atoms with Crippen LogP contribution in [0.2, 0.25) is 0 Å². The summed E-state index contributed by atoms with van der Waals surface area (Å²) in [5, 5.41) is 8.52. The van der Waals surface area contributed by atoms with Crippen LogP contribution in [0.15, 0.2) is 24.3 Å². The lowest BCUT2D eigenvalue weighted by atomic mass is 10.2. The van der Waals surface area contributed by atoms with Crippen LogP contribution in [-0.4, -0.2) is 7.42 Å². The molecule has 4 heteroatoms. The minimum Gasteiger partial charge on any atom is -0.192 e. The van der Waals surface area contributed by atoms with Crippen LogP contribution in [0.25, 0.3) is 0 Å². The van der Waals surface area contributed by atoms with Crippen LogP contribution in [0.4, 0.5) is 0 Å². The third-order valence-corrected chi connectivity index (χ3v) is 3.18. The lowest BCUT2D eigenvalue weighted by Crippen LogP contribution is -1.98. The number of hydrogen-bond acceptors (Lipinski definition) is 1. The van der Waals surface area contributed by atoms with Gasteiger partial charge in [-0.05, 0) is 23.7 Å². The molecular formula is C8H7Cl2NSi. The third-order valence-electron chi connectivity index (χ3n) is 1.47. The van der Waals surface area contributed by atoms with Crippen molar-refractivity contribution in [3.63, 3.8) is 0 Å². The Balaban J connectivity index is 2.73. The fraction of sp³-hybridized carbons (Fsp3) is 0.125. The second kappa shape index (κ2) is 4.51. The van der Waals surface area contributed by atoms with Gasteiger partial charge in [0.15, 0.2) is 0 Å². The summed E-state index contributed by atoms with van der Waals surface area (Å²) < 4.78 is 0. The summed E-state index contributed by atoms with van der Waals surface area (Å²) in [7, 11) is -1.56. The van der Waals surface area contributed by atoms with E-state index in [0.29, 0.717) is 5.56 Å². The minimum absolute atomic E-state index is 0.668. The zero-order valence-electron chi connectivity index (χ0n) is 6.30. The van der Waals surface area contributed by atoms with E-state index in [-0.39, 0.29) is 0 Å². The molecule has 0 amide bonds. The van der Waals surface area contributed by atoms with Gasteiger partial charge >= 0.3 is 0 Å². The number of halogens is 2. The molecule has 0 aliphatic heterocycles. The second-order valence-corrected chi connectivity index (χ2v) is 7.43. The summed E-state index contributed by atoms with van der Waals surface area (Å²) in [6.45, 7) is 0. The predicted molar refractivity (Wildman–Crippen MR) is 53.7 cm³/mol. The van der Waals surface area contributed by atoms with Crippen molar-refractivity contribution in [2.45, 2.75) is 6.04 Å². The maximum absolute atomic E-state index is 8.52. The van der Waals surface area contributed by atoms with E-state index in [1.165, 1.54) is 0 Å². The van der Waals surface area contributed by atoms with E-state index in [9.17, 15) is 0 Å². The molecule has 0 aliphatic rings. The average Bonchev–Trinajstić information content (AvgIpc) is 2.05. The summed E-state index contributed by atoms with van der Waals surface area (Å²) in [4.78, 5) is 0. The normalized spacial score (nSPS) is 9.83. The molecular weight excluding hydrogens is 209 g/mol. The minimum atomic E-state index is -1.56. The smallest absolute Gasteiger partial charge is 0.192 e. The first-order valence-corrected chi connectivity index (χ1v) is 7.80. The van der Waals surface area contributed by atoms with E-state index in [4.69, 9.17) is 27.4 Å². The van der Waals surface area contributed by atoms with Crippen molar-refractivity contribution in [2.75, 3.05) is 0 Å². The first-order chi connectivity index (χ1) is 5.72. The molecule has 1 aromatic rings. The molecule has 0 radical (unpaired) electrons. The Kier molecular flexibility index (Phi) is 3.61. The van der Waals surface area contributed by atoms with Gasteiger partial charge in [-0.15, -0.1) is 22.2 Å². The zero-order valence-corrected chi connectivity index (χ0v) is 8.96. The Morgan fingerprint density at radius 1 is 1.25 bits per heavy atom. The summed E-state index contributed by atoms with van der Waals surface area (Å²) in [5.74, 6) is 0. The first-order valence-electron chi connectivity index (χ1n) is 3.49. The summed E-state index contributed by atoms with van der Waals surface area (Å²) >= 11 is 11.5. The molecule has 1 rings (SSSR count). The van der Waals surface area contributed by atoms with Crippen LogP contribution < -0.4 is 0 Å². The molecule has 62 valence electrons. The molecule has 12 heavy (non-hydrogen) atoms. The van der Waals surface area contributed by atoms with Gasteiger partial charge in [0.05, 0.1) is 11.6 Å². The molecule has 0 atom stereocenters. The van der Waals surface area contributed by atoms with Crippen LogP contribution in [-0.2, 0) is 6.04 Å². The molecule has 0 heterocycles. The highest BCUT2D eigenvalue weighted by molar-refractivity contribution is 7.33. The number of nitrogens with zero attached hydrogens (tertiary/aromatic N) is 1. The summed E-state index contributed by atoms with van der Waals surface area (Å²) in [6, 6.07) is 10.2. The third kappa shape index (κ3) is 2.86. The van der Waals surface area contributed by atoms with Crippen LogP contribution in [0.1, 0.15) is 11.1 Å². The van der Waals surface area contributed by atoms with Gasteiger partial charge in [0.2, 0.25) is 7.42 Å². The Morgan fingerprint density at radius 3 is 2.25 bits per heavy atom. The van der Waals surface area contributed by atoms with Crippen molar-refractivity contribution in [2.24, 2.45) is 0 Å². The molecule has 0 saturated heterocycles. The van der Waals surface area contributed by atoms with Crippen molar-refractivity contribution < 1.29 is 0 Å². The van der Waals surface area contributed by atoms with Crippen molar-refractivity contribution >= 4 is 29.6 Å². The fourth-order valence-corrected chi connectivity index (χ4v) is 2.59. The second-order valence-electron chi connectivity index (χ2n) is 2.40. The van der Waals surface area contributed by atoms with Crippen molar-refractivity contribution in [3.8, 4) is 6.07 Å². The summed E-state index contributed by atoms with van der Waals surface area (Å²) in [5.41, 5.74) is 1.77. The maximum atomic E-state index is 8.52. The number of benzene rings is 1. The van der Waals surface area contributed by atoms with E-state index in [1.807, 2.05) is 12.1 Å². The number of hydrogen-bond donors (Lipinski definition) is 0. The van der Waals surface area contributed by atoms with Gasteiger partial charge < -0.3 is 0 Å². The van der Waals surface area contributed by atoms with Gasteiger partial charge in [-0.25, -0.2) is 0 Å². The molecule has 0 bridgehead atoms. The maximum Gasteiger partial charge on any atom is 0.241 e. The van der Waals surface area contributed by atoms with Gasteiger partial charge in [-0.1, -0.05) is 12.1 Å². The topological polar surface area (TPSA) is 23.8 Å². The van der Waals surface area contributed by atoms with Crippen molar-refractivity contribution in [1.29, 1.82) is 5.26 Å². The highest BCUT2D eigenvalue weighted by atomic mass is 35.7. The van der Waals surface area contributed by atoms with Crippen LogP contribution in [0, 0.1) is 11.3 Å². The van der Waals surface area contributed by atoms with Gasteiger partial charge in [0, 0.05) is 0 Å². The molecule has 0 unspecified atom stereocenters. The Bertz CT molecular complexity index is 289. The number of nitriles is 1. The van der Waals surface area contributed by atoms with E-state index in [2.05, 4.69) is 6.07 Å². The monoisotopic (exact) mass is 215 g/mol. The first kappa shape index (κ1) is 9.59. The Hall–Kier alpha value is -0.493. The predicted octanol–water partition coefficient (Wildman–Crippen LogP) is 2.34. The Morgan fingerprint density at radius 2 is 1.83 bits per heavy atom. The zero-order chi connectivity index (χ0) is 8.97. The molecule has 0 aromatic heterocycles. The van der Waals surface area contributed by atoms with Crippen molar-refractivity contribution in [3.05, 3.63) is 35.4 Å². The van der Waals surface area contributed by atoms with Gasteiger partial charge in [-0.2, -0.15) is 5.26 Å². The molecule has 0 aliphatic carbocycles. The molecule has 0 spiro atoms. The fourth-order valence-electron chi connectivity index (χ4n) is 0.894. The average molecular weight is 216 g/mol. The van der Waals surface area contributed by atoms with E-state index >= 15 is 0 Å². The van der Waals surface area contributed by atoms with Crippen LogP contribution in [0.3, 0.4) is 0 Å². The van der Waals surface area contributed by atoms with Gasteiger partial charge in [0.1, 0.15) is 0 Å². The largest absolute Gasteiger partial charge is 0.241 e. The van der Waals surface area contributed by atoms with Crippen molar-refractivity contribution in [1.82, 2.24) is 0 Å². The van der Waals surface area contributed by atoms with Gasteiger partial charge in [0.25, 0.3) is 0 Å². The molecule has 0 saturated carbocycles. The molecule has 1 nitrogen and oxygen atoms in total. The SMILES string of the molecule is N#Cc1ccc(C[SiH](Cl)Cl)cc1. The van der Waals surface area contributed by atoms with Gasteiger partial charge in [-0.3, -0.25) is 0 Å². The highest BCUT2D eigenvalue weighted by Crippen LogP contribution is 2.09. The molecule has 1 aromatic carbocycles. The molecule has 0 fully saturated rings. The Labute approximate surface area is 82.5 Å². The van der Waals surface area contributed by atoms with E-state index in [0.717, 1.165) is 11.6 Å². The lowest BCUT2D eigenvalue weighted by Gasteiger charge is -1.98. The van der Waals surface area contributed by atoms with E-state index in [1.54, 1.807) is 12.1 Å². The summed E-state index contributed by atoms with van der Waals surface area (Å²) in [6.07, 6.45) is 0. The number of rotatable bonds is 2. The van der Waals surface area contributed by atoms with Crippen LogP contribution in [0.5, 0.6) is 0 Å².